The highest BCUT2D eigenvalue weighted by molar-refractivity contribution is 7.89. The third kappa shape index (κ3) is 2.71. The fraction of sp³-hybridized carbons (Fsp3) is 0.500. The Kier molecular flexibility index (Phi) is 3.70. The number of hydrogen-bond donors (Lipinski definition) is 2. The summed E-state index contributed by atoms with van der Waals surface area (Å²) in [5, 5.41) is 9.11. The molecule has 1 aliphatic rings. The first-order valence-corrected chi connectivity index (χ1v) is 7.38. The van der Waals surface area contributed by atoms with E-state index in [4.69, 9.17) is 5.11 Å². The summed E-state index contributed by atoms with van der Waals surface area (Å²) in [6.07, 6.45) is 1.74. The lowest BCUT2D eigenvalue weighted by Gasteiger charge is -2.10. The van der Waals surface area contributed by atoms with Gasteiger partial charge in [-0.2, -0.15) is 0 Å². The number of rotatable bonds is 5. The molecule has 1 aromatic carbocycles. The number of benzene rings is 1. The predicted octanol–water partition coefficient (Wildman–Crippen LogP) is 1.39. The molecule has 0 radical (unpaired) electrons. The Hall–Kier alpha value is -0.980. The maximum atomic E-state index is 13.1. The van der Waals surface area contributed by atoms with Gasteiger partial charge in [0.25, 0.3) is 0 Å². The van der Waals surface area contributed by atoms with Gasteiger partial charge in [-0.05, 0) is 30.0 Å². The van der Waals surface area contributed by atoms with E-state index in [2.05, 4.69) is 4.72 Å². The lowest BCUT2D eigenvalue weighted by Crippen LogP contribution is -2.28. The highest BCUT2D eigenvalue weighted by atomic mass is 32.2. The second kappa shape index (κ2) is 4.95. The molecule has 0 heterocycles. The van der Waals surface area contributed by atoms with Crippen LogP contribution in [0.25, 0.3) is 0 Å². The van der Waals surface area contributed by atoms with Gasteiger partial charge in [0.1, 0.15) is 5.82 Å². The van der Waals surface area contributed by atoms with E-state index in [0.717, 1.165) is 25.0 Å². The molecule has 100 valence electrons. The highest BCUT2D eigenvalue weighted by Crippen LogP contribution is 2.34. The van der Waals surface area contributed by atoms with Crippen LogP contribution in [0.2, 0.25) is 0 Å². The van der Waals surface area contributed by atoms with Crippen LogP contribution < -0.4 is 4.72 Å². The molecule has 1 fully saturated rings. The highest BCUT2D eigenvalue weighted by Gasteiger charge is 2.39. The standard InChI is InChI=1S/C12H16FNO3S/c1-2-8-5-11(8)14-18(16,17)12-6-10(13)4-3-9(12)7-15/h3-4,6,8,11,14-15H,2,5,7H2,1H3. The topological polar surface area (TPSA) is 66.4 Å². The third-order valence-electron chi connectivity index (χ3n) is 3.24. The normalized spacial score (nSPS) is 23.1. The molecule has 2 N–H and O–H groups in total. The van der Waals surface area contributed by atoms with Gasteiger partial charge in [-0.25, -0.2) is 17.5 Å². The van der Waals surface area contributed by atoms with Gasteiger partial charge < -0.3 is 5.11 Å². The molecule has 18 heavy (non-hydrogen) atoms. The molecule has 0 aromatic heterocycles. The van der Waals surface area contributed by atoms with Crippen LogP contribution in [0.3, 0.4) is 0 Å². The molecule has 0 amide bonds. The van der Waals surface area contributed by atoms with Gasteiger partial charge in [-0.1, -0.05) is 19.4 Å². The average Bonchev–Trinajstić information content (AvgIpc) is 3.06. The molecule has 0 saturated heterocycles. The molecule has 0 bridgehead atoms. The second-order valence-corrected chi connectivity index (χ2v) is 6.22. The molecule has 1 aliphatic carbocycles. The number of aliphatic hydroxyl groups is 1. The van der Waals surface area contributed by atoms with Crippen molar-refractivity contribution in [2.75, 3.05) is 0 Å². The van der Waals surface area contributed by atoms with Crippen molar-refractivity contribution < 1.29 is 17.9 Å². The van der Waals surface area contributed by atoms with Gasteiger partial charge in [-0.3, -0.25) is 0 Å². The zero-order valence-electron chi connectivity index (χ0n) is 10.1. The zero-order valence-corrected chi connectivity index (χ0v) is 10.9. The van der Waals surface area contributed by atoms with Crippen LogP contribution in [0, 0.1) is 11.7 Å². The van der Waals surface area contributed by atoms with Gasteiger partial charge in [-0.15, -0.1) is 0 Å². The molecule has 2 unspecified atom stereocenters. The maximum absolute atomic E-state index is 13.1. The first-order chi connectivity index (χ1) is 8.47. The fourth-order valence-electron chi connectivity index (χ4n) is 2.02. The molecule has 0 aliphatic heterocycles. The van der Waals surface area contributed by atoms with Crippen molar-refractivity contribution in [3.05, 3.63) is 29.6 Å². The Balaban J connectivity index is 2.26. The van der Waals surface area contributed by atoms with Gasteiger partial charge in [0.15, 0.2) is 0 Å². The summed E-state index contributed by atoms with van der Waals surface area (Å²) in [5.41, 5.74) is 0.206. The van der Waals surface area contributed by atoms with E-state index in [0.29, 0.717) is 5.92 Å². The van der Waals surface area contributed by atoms with Crippen LogP contribution in [0.4, 0.5) is 4.39 Å². The number of nitrogens with one attached hydrogen (secondary N) is 1. The molecule has 2 rings (SSSR count). The molecule has 6 heteroatoms. The van der Waals surface area contributed by atoms with E-state index < -0.39 is 22.4 Å². The molecule has 1 saturated carbocycles. The lowest BCUT2D eigenvalue weighted by molar-refractivity contribution is 0.278. The Labute approximate surface area is 106 Å². The van der Waals surface area contributed by atoms with Gasteiger partial charge >= 0.3 is 0 Å². The molecule has 2 atom stereocenters. The number of halogens is 1. The van der Waals surface area contributed by atoms with E-state index in [-0.39, 0.29) is 16.5 Å². The quantitative estimate of drug-likeness (QED) is 0.852. The minimum atomic E-state index is -3.76. The van der Waals surface area contributed by atoms with Crippen molar-refractivity contribution in [3.63, 3.8) is 0 Å². The zero-order chi connectivity index (χ0) is 13.3. The minimum absolute atomic E-state index is 0.0604. The lowest BCUT2D eigenvalue weighted by atomic mass is 10.2. The van der Waals surface area contributed by atoms with Crippen LogP contribution >= 0.6 is 0 Å². The molecule has 1 aromatic rings. The summed E-state index contributed by atoms with van der Waals surface area (Å²) in [7, 11) is -3.76. The summed E-state index contributed by atoms with van der Waals surface area (Å²) < 4.78 is 39.9. The van der Waals surface area contributed by atoms with Gasteiger partial charge in [0, 0.05) is 6.04 Å². The average molecular weight is 273 g/mol. The summed E-state index contributed by atoms with van der Waals surface area (Å²) in [4.78, 5) is -0.174. The molecule has 4 nitrogen and oxygen atoms in total. The fourth-order valence-corrected chi connectivity index (χ4v) is 3.57. The largest absolute Gasteiger partial charge is 0.392 e. The monoisotopic (exact) mass is 273 g/mol. The Bertz CT molecular complexity index is 544. The van der Waals surface area contributed by atoms with Crippen LogP contribution in [0.5, 0.6) is 0 Å². The maximum Gasteiger partial charge on any atom is 0.241 e. The van der Waals surface area contributed by atoms with Crippen LogP contribution in [0.15, 0.2) is 23.1 Å². The van der Waals surface area contributed by atoms with Crippen molar-refractivity contribution in [2.24, 2.45) is 5.92 Å². The van der Waals surface area contributed by atoms with Gasteiger partial charge in [0.2, 0.25) is 10.0 Å². The summed E-state index contributed by atoms with van der Waals surface area (Å²) in [5.74, 6) is -0.263. The summed E-state index contributed by atoms with van der Waals surface area (Å²) in [6.45, 7) is 1.57. The van der Waals surface area contributed by atoms with Crippen molar-refractivity contribution in [3.8, 4) is 0 Å². The molecular formula is C12H16FNO3S. The molecular weight excluding hydrogens is 257 g/mol. The van der Waals surface area contributed by atoms with Crippen LogP contribution in [-0.2, 0) is 16.6 Å². The number of hydrogen-bond acceptors (Lipinski definition) is 3. The Morgan fingerprint density at radius 1 is 1.50 bits per heavy atom. The second-order valence-electron chi connectivity index (χ2n) is 4.54. The predicted molar refractivity (Wildman–Crippen MR) is 64.8 cm³/mol. The number of sulfonamides is 1. The first-order valence-electron chi connectivity index (χ1n) is 5.89. The Morgan fingerprint density at radius 2 is 2.22 bits per heavy atom. The van der Waals surface area contributed by atoms with Gasteiger partial charge in [0.05, 0.1) is 11.5 Å². The van der Waals surface area contributed by atoms with Crippen molar-refractivity contribution in [1.82, 2.24) is 4.72 Å². The van der Waals surface area contributed by atoms with Crippen molar-refractivity contribution >= 4 is 10.0 Å². The molecule has 0 spiro atoms. The Morgan fingerprint density at radius 3 is 2.78 bits per heavy atom. The SMILES string of the molecule is CCC1CC1NS(=O)(=O)c1cc(F)ccc1CO. The van der Waals surface area contributed by atoms with E-state index >= 15 is 0 Å². The minimum Gasteiger partial charge on any atom is -0.392 e. The first kappa shape index (κ1) is 13.5. The third-order valence-corrected chi connectivity index (χ3v) is 4.81. The van der Waals surface area contributed by atoms with Crippen LogP contribution in [0.1, 0.15) is 25.3 Å². The summed E-state index contributed by atoms with van der Waals surface area (Å²) in [6, 6.07) is 3.30. The van der Waals surface area contributed by atoms with Crippen LogP contribution in [-0.4, -0.2) is 19.6 Å². The van der Waals surface area contributed by atoms with Crippen molar-refractivity contribution in [1.29, 1.82) is 0 Å². The van der Waals surface area contributed by atoms with E-state index in [1.807, 2.05) is 6.92 Å². The summed E-state index contributed by atoms with van der Waals surface area (Å²) >= 11 is 0. The van der Waals surface area contributed by atoms with Crippen molar-refractivity contribution in [2.45, 2.75) is 37.3 Å². The number of aliphatic hydroxyl groups excluding tert-OH is 1. The van der Waals surface area contributed by atoms with E-state index in [1.54, 1.807) is 0 Å². The van der Waals surface area contributed by atoms with E-state index in [1.165, 1.54) is 6.07 Å². The van der Waals surface area contributed by atoms with E-state index in [9.17, 15) is 12.8 Å². The smallest absolute Gasteiger partial charge is 0.241 e.